The third-order valence-electron chi connectivity index (χ3n) is 2.15. The van der Waals surface area contributed by atoms with Gasteiger partial charge in [0.2, 0.25) is 5.88 Å². The van der Waals surface area contributed by atoms with Crippen molar-refractivity contribution in [3.8, 4) is 16.6 Å². The van der Waals surface area contributed by atoms with Crippen molar-refractivity contribution in [1.82, 2.24) is 9.97 Å². The van der Waals surface area contributed by atoms with E-state index in [1.807, 2.05) is 12.1 Å². The summed E-state index contributed by atoms with van der Waals surface area (Å²) in [5.74, 6) is 0.209. The third-order valence-corrected chi connectivity index (χ3v) is 3.78. The van der Waals surface area contributed by atoms with Gasteiger partial charge in [-0.05, 0) is 34.5 Å². The number of aromatic amines is 1. The van der Waals surface area contributed by atoms with Crippen LogP contribution >= 0.6 is 27.3 Å². The SMILES string of the molecule is CCc1c(O)nc(-c2ccc(Br)s2)[nH]c1=O. The van der Waals surface area contributed by atoms with Crippen LogP contribution in [-0.2, 0) is 6.42 Å². The number of nitrogens with zero attached hydrogens (tertiary/aromatic N) is 1. The minimum absolute atomic E-state index is 0.189. The third kappa shape index (κ3) is 2.03. The molecule has 0 saturated heterocycles. The van der Waals surface area contributed by atoms with E-state index in [0.717, 1.165) is 8.66 Å². The smallest absolute Gasteiger partial charge is 0.258 e. The van der Waals surface area contributed by atoms with Gasteiger partial charge in [0.25, 0.3) is 5.56 Å². The normalized spacial score (nSPS) is 10.6. The molecule has 0 amide bonds. The van der Waals surface area contributed by atoms with Crippen LogP contribution in [0.3, 0.4) is 0 Å². The van der Waals surface area contributed by atoms with Crippen molar-refractivity contribution in [2.45, 2.75) is 13.3 Å². The van der Waals surface area contributed by atoms with Crippen molar-refractivity contribution in [2.24, 2.45) is 0 Å². The maximum atomic E-state index is 11.6. The molecule has 84 valence electrons. The van der Waals surface area contributed by atoms with E-state index in [4.69, 9.17) is 0 Å². The van der Waals surface area contributed by atoms with Gasteiger partial charge in [0.1, 0.15) is 0 Å². The van der Waals surface area contributed by atoms with Crippen LogP contribution in [0.1, 0.15) is 12.5 Å². The van der Waals surface area contributed by atoms with Crippen molar-refractivity contribution < 1.29 is 5.11 Å². The maximum Gasteiger partial charge on any atom is 0.258 e. The van der Waals surface area contributed by atoms with Crippen molar-refractivity contribution >= 4 is 27.3 Å². The van der Waals surface area contributed by atoms with E-state index in [1.165, 1.54) is 11.3 Å². The van der Waals surface area contributed by atoms with Gasteiger partial charge in [-0.1, -0.05) is 6.92 Å². The molecule has 2 rings (SSSR count). The zero-order valence-corrected chi connectivity index (χ0v) is 10.9. The lowest BCUT2D eigenvalue weighted by Crippen LogP contribution is -2.14. The summed E-state index contributed by atoms with van der Waals surface area (Å²) in [5, 5.41) is 9.60. The molecular formula is C10H9BrN2O2S. The van der Waals surface area contributed by atoms with Gasteiger partial charge in [-0.3, -0.25) is 4.79 Å². The lowest BCUT2D eigenvalue weighted by molar-refractivity contribution is 0.444. The monoisotopic (exact) mass is 300 g/mol. The number of aromatic hydroxyl groups is 1. The predicted octanol–water partition coefficient (Wildman–Crippen LogP) is 2.53. The Hall–Kier alpha value is -1.14. The van der Waals surface area contributed by atoms with E-state index in [0.29, 0.717) is 17.8 Å². The highest BCUT2D eigenvalue weighted by atomic mass is 79.9. The molecule has 2 N–H and O–H groups in total. The first-order chi connectivity index (χ1) is 7.61. The Morgan fingerprint density at radius 1 is 1.56 bits per heavy atom. The highest BCUT2D eigenvalue weighted by molar-refractivity contribution is 9.11. The summed E-state index contributed by atoms with van der Waals surface area (Å²) in [6, 6.07) is 3.70. The number of hydrogen-bond acceptors (Lipinski definition) is 4. The van der Waals surface area contributed by atoms with Crippen molar-refractivity contribution in [2.75, 3.05) is 0 Å². The number of nitrogens with one attached hydrogen (secondary N) is 1. The molecule has 0 aliphatic heterocycles. The number of thiophene rings is 1. The summed E-state index contributed by atoms with van der Waals surface area (Å²) in [5.41, 5.74) is 0.0360. The second-order valence-electron chi connectivity index (χ2n) is 3.17. The second kappa shape index (κ2) is 4.39. The summed E-state index contributed by atoms with van der Waals surface area (Å²) in [7, 11) is 0. The molecule has 2 aromatic rings. The molecule has 0 aromatic carbocycles. The lowest BCUT2D eigenvalue weighted by atomic mass is 10.2. The number of rotatable bonds is 2. The van der Waals surface area contributed by atoms with Crippen LogP contribution in [0.25, 0.3) is 10.7 Å². The molecule has 0 fully saturated rings. The Balaban J connectivity index is 2.56. The first-order valence-corrected chi connectivity index (χ1v) is 6.30. The number of halogens is 1. The summed E-state index contributed by atoms with van der Waals surface area (Å²) in [4.78, 5) is 19.1. The minimum atomic E-state index is -0.283. The van der Waals surface area contributed by atoms with Crippen LogP contribution < -0.4 is 5.56 Å². The highest BCUT2D eigenvalue weighted by Crippen LogP contribution is 2.29. The Kier molecular flexibility index (Phi) is 3.11. The Morgan fingerprint density at radius 2 is 2.31 bits per heavy atom. The van der Waals surface area contributed by atoms with Crippen molar-refractivity contribution in [1.29, 1.82) is 0 Å². The van der Waals surface area contributed by atoms with E-state index in [-0.39, 0.29) is 11.4 Å². The second-order valence-corrected chi connectivity index (χ2v) is 5.64. The van der Waals surface area contributed by atoms with Gasteiger partial charge in [0.05, 0.1) is 14.2 Å². The van der Waals surface area contributed by atoms with Gasteiger partial charge >= 0.3 is 0 Å². The van der Waals surface area contributed by atoms with Gasteiger partial charge in [0, 0.05) is 0 Å². The van der Waals surface area contributed by atoms with E-state index in [1.54, 1.807) is 6.92 Å². The molecule has 0 radical (unpaired) electrons. The van der Waals surface area contributed by atoms with Crippen LogP contribution in [-0.4, -0.2) is 15.1 Å². The fourth-order valence-corrected chi connectivity index (χ4v) is 2.69. The topological polar surface area (TPSA) is 66.0 Å². The largest absolute Gasteiger partial charge is 0.493 e. The van der Waals surface area contributed by atoms with Crippen molar-refractivity contribution in [3.05, 3.63) is 31.8 Å². The molecule has 2 aromatic heterocycles. The zero-order chi connectivity index (χ0) is 11.7. The van der Waals surface area contributed by atoms with Crippen molar-refractivity contribution in [3.63, 3.8) is 0 Å². The van der Waals surface area contributed by atoms with Crippen LogP contribution in [0.2, 0.25) is 0 Å². The molecule has 0 spiro atoms. The number of aromatic nitrogens is 2. The Bertz CT molecular complexity index is 576. The van der Waals surface area contributed by atoms with E-state index in [2.05, 4.69) is 25.9 Å². The maximum absolute atomic E-state index is 11.6. The fraction of sp³-hybridized carbons (Fsp3) is 0.200. The van der Waals surface area contributed by atoms with Crippen LogP contribution in [0.4, 0.5) is 0 Å². The van der Waals surface area contributed by atoms with E-state index < -0.39 is 0 Å². The van der Waals surface area contributed by atoms with E-state index >= 15 is 0 Å². The number of hydrogen-bond donors (Lipinski definition) is 2. The molecule has 0 bridgehead atoms. The van der Waals surface area contributed by atoms with Gasteiger partial charge in [-0.15, -0.1) is 11.3 Å². The average molecular weight is 301 g/mol. The molecule has 16 heavy (non-hydrogen) atoms. The first-order valence-electron chi connectivity index (χ1n) is 4.69. The number of H-pyrrole nitrogens is 1. The van der Waals surface area contributed by atoms with Crippen LogP contribution in [0.15, 0.2) is 20.7 Å². The molecular weight excluding hydrogens is 292 g/mol. The summed E-state index contributed by atoms with van der Waals surface area (Å²) in [6.07, 6.45) is 0.461. The predicted molar refractivity (Wildman–Crippen MR) is 66.9 cm³/mol. The molecule has 2 heterocycles. The molecule has 0 saturated carbocycles. The quantitative estimate of drug-likeness (QED) is 0.896. The Morgan fingerprint density at radius 3 is 2.81 bits per heavy atom. The first kappa shape index (κ1) is 11.3. The van der Waals surface area contributed by atoms with Gasteiger partial charge in [-0.2, -0.15) is 4.98 Å². The fourth-order valence-electron chi connectivity index (χ4n) is 1.36. The minimum Gasteiger partial charge on any atom is -0.493 e. The van der Waals surface area contributed by atoms with Crippen LogP contribution in [0, 0.1) is 0 Å². The van der Waals surface area contributed by atoms with Crippen LogP contribution in [0.5, 0.6) is 5.88 Å². The zero-order valence-electron chi connectivity index (χ0n) is 8.45. The molecule has 0 atom stereocenters. The molecule has 0 unspecified atom stereocenters. The Labute approximate surface area is 104 Å². The standard InChI is InChI=1S/C10H9BrN2O2S/c1-2-5-9(14)12-8(13-10(5)15)6-3-4-7(11)16-6/h3-4H,2H2,1H3,(H2,12,13,14,15). The van der Waals surface area contributed by atoms with Gasteiger partial charge in [-0.25, -0.2) is 0 Å². The highest BCUT2D eigenvalue weighted by Gasteiger charge is 2.11. The van der Waals surface area contributed by atoms with E-state index in [9.17, 15) is 9.90 Å². The molecule has 0 aliphatic rings. The van der Waals surface area contributed by atoms with Gasteiger partial charge in [0.15, 0.2) is 5.82 Å². The molecule has 6 heteroatoms. The average Bonchev–Trinajstić information content (AvgIpc) is 2.64. The summed E-state index contributed by atoms with van der Waals surface area (Å²) in [6.45, 7) is 1.80. The summed E-state index contributed by atoms with van der Waals surface area (Å²) >= 11 is 4.78. The molecule has 4 nitrogen and oxygen atoms in total. The molecule has 0 aliphatic carbocycles. The summed E-state index contributed by atoms with van der Waals surface area (Å²) < 4.78 is 0.948. The lowest BCUT2D eigenvalue weighted by Gasteiger charge is -2.02. The van der Waals surface area contributed by atoms with Gasteiger partial charge < -0.3 is 10.1 Å².